The molecule has 27 heavy (non-hydrogen) atoms. The van der Waals surface area contributed by atoms with Crippen molar-refractivity contribution in [3.8, 4) is 11.3 Å². The number of benzene rings is 1. The molecule has 0 amide bonds. The van der Waals surface area contributed by atoms with Gasteiger partial charge in [-0.25, -0.2) is 0 Å². The Labute approximate surface area is 162 Å². The number of carbonyl (C=O) groups is 1. The second-order valence-corrected chi connectivity index (χ2v) is 10.1. The third-order valence-corrected chi connectivity index (χ3v) is 5.42. The maximum absolute atomic E-state index is 13.2. The van der Waals surface area contributed by atoms with Gasteiger partial charge in [0.2, 0.25) is 0 Å². The highest BCUT2D eigenvalue weighted by Crippen LogP contribution is 2.51. The third-order valence-electron chi connectivity index (χ3n) is 5.42. The van der Waals surface area contributed by atoms with E-state index < -0.39 is 0 Å². The maximum Gasteiger partial charge on any atom is 0.168 e. The van der Waals surface area contributed by atoms with Crippen LogP contribution in [0, 0.1) is 31.6 Å². The monoisotopic (exact) mass is 365 g/mol. The number of aryl methyl sites for hydroxylation is 3. The second-order valence-electron chi connectivity index (χ2n) is 10.1. The highest BCUT2D eigenvalue weighted by atomic mass is 16.5. The van der Waals surface area contributed by atoms with Crippen molar-refractivity contribution >= 4 is 11.4 Å². The normalized spacial score (nSPS) is 17.7. The quantitative estimate of drug-likeness (QED) is 0.586. The van der Waals surface area contributed by atoms with Gasteiger partial charge >= 0.3 is 0 Å². The van der Waals surface area contributed by atoms with Gasteiger partial charge in [-0.3, -0.25) is 4.79 Å². The van der Waals surface area contributed by atoms with E-state index in [0.717, 1.165) is 39.3 Å². The summed E-state index contributed by atoms with van der Waals surface area (Å²) in [7, 11) is 0. The van der Waals surface area contributed by atoms with Crippen LogP contribution < -0.4 is 0 Å². The Balaban J connectivity index is 2.36. The van der Waals surface area contributed by atoms with Crippen LogP contribution in [0.25, 0.3) is 16.8 Å². The zero-order valence-corrected chi connectivity index (χ0v) is 18.1. The average molecular weight is 366 g/mol. The number of fused-ring (bicyclic) bond motifs is 1. The molecule has 3 heteroatoms. The summed E-state index contributed by atoms with van der Waals surface area (Å²) >= 11 is 0. The first-order valence-corrected chi connectivity index (χ1v) is 9.66. The van der Waals surface area contributed by atoms with Crippen LogP contribution in [0.3, 0.4) is 0 Å². The molecular formula is C24H31NO2. The summed E-state index contributed by atoms with van der Waals surface area (Å²) in [5.41, 5.74) is 6.93. The van der Waals surface area contributed by atoms with Crippen LogP contribution in [0.1, 0.15) is 75.5 Å². The highest BCUT2D eigenvalue weighted by Gasteiger charge is 2.44. The summed E-state index contributed by atoms with van der Waals surface area (Å²) in [6, 6.07) is 4.33. The number of allylic oxidation sites excluding steroid dienone is 2. The summed E-state index contributed by atoms with van der Waals surface area (Å²) < 4.78 is 5.92. The largest absolute Gasteiger partial charge is 0.356 e. The molecule has 0 bridgehead atoms. The molecule has 0 radical (unpaired) electrons. The molecule has 0 spiro atoms. The van der Waals surface area contributed by atoms with E-state index in [2.05, 4.69) is 79.6 Å². The molecule has 0 fully saturated rings. The molecule has 144 valence electrons. The van der Waals surface area contributed by atoms with Crippen LogP contribution >= 0.6 is 0 Å². The van der Waals surface area contributed by atoms with Crippen molar-refractivity contribution in [2.24, 2.45) is 10.8 Å². The minimum Gasteiger partial charge on any atom is -0.356 e. The molecule has 0 saturated heterocycles. The lowest BCUT2D eigenvalue weighted by molar-refractivity contribution is -0.118. The van der Waals surface area contributed by atoms with Crippen molar-refractivity contribution in [1.29, 1.82) is 0 Å². The fourth-order valence-corrected chi connectivity index (χ4v) is 4.34. The van der Waals surface area contributed by atoms with Crippen LogP contribution in [0.2, 0.25) is 0 Å². The van der Waals surface area contributed by atoms with Gasteiger partial charge < -0.3 is 4.52 Å². The summed E-state index contributed by atoms with van der Waals surface area (Å²) in [5, 5.41) is 4.51. The Kier molecular flexibility index (Phi) is 4.49. The fraction of sp³-hybridized carbons (Fsp3) is 0.500. The lowest BCUT2D eigenvalue weighted by Gasteiger charge is -2.34. The highest BCUT2D eigenvalue weighted by molar-refractivity contribution is 6.06. The molecule has 3 nitrogen and oxygen atoms in total. The van der Waals surface area contributed by atoms with Gasteiger partial charge in [-0.15, -0.1) is 0 Å². The van der Waals surface area contributed by atoms with E-state index in [-0.39, 0.29) is 22.5 Å². The van der Waals surface area contributed by atoms with E-state index in [1.165, 1.54) is 5.56 Å². The second kappa shape index (κ2) is 6.19. The van der Waals surface area contributed by atoms with Crippen LogP contribution in [0.15, 0.2) is 22.7 Å². The molecule has 3 rings (SSSR count). The van der Waals surface area contributed by atoms with Crippen molar-refractivity contribution in [2.75, 3.05) is 0 Å². The van der Waals surface area contributed by atoms with E-state index in [9.17, 15) is 4.79 Å². The van der Waals surface area contributed by atoms with Gasteiger partial charge in [0.1, 0.15) is 5.69 Å². The zero-order valence-electron chi connectivity index (χ0n) is 18.1. The summed E-state index contributed by atoms with van der Waals surface area (Å²) in [4.78, 5) is 13.2. The third kappa shape index (κ3) is 3.28. The Morgan fingerprint density at radius 2 is 1.52 bits per heavy atom. The maximum atomic E-state index is 13.2. The SMILES string of the molecule is Cc1cc(C)c(-c2noc3c2C(C(C)(C)C)C(=O)C=C3C(C)(C)C)c(C)c1. The first kappa shape index (κ1) is 19.6. The molecule has 1 atom stereocenters. The topological polar surface area (TPSA) is 43.1 Å². The first-order chi connectivity index (χ1) is 12.3. The minimum atomic E-state index is -0.264. The van der Waals surface area contributed by atoms with Gasteiger partial charge in [0.25, 0.3) is 0 Å². The van der Waals surface area contributed by atoms with Crippen molar-refractivity contribution in [3.05, 3.63) is 46.2 Å². The van der Waals surface area contributed by atoms with Gasteiger partial charge in [0.05, 0.1) is 5.92 Å². The molecule has 1 aliphatic rings. The molecule has 1 aromatic carbocycles. The van der Waals surface area contributed by atoms with Crippen molar-refractivity contribution < 1.29 is 9.32 Å². The van der Waals surface area contributed by atoms with Crippen molar-refractivity contribution in [2.45, 2.75) is 68.2 Å². The molecule has 1 aliphatic carbocycles. The molecule has 1 aromatic heterocycles. The minimum absolute atomic E-state index is 0.145. The van der Waals surface area contributed by atoms with Crippen LogP contribution in [-0.4, -0.2) is 10.9 Å². The predicted molar refractivity (Wildman–Crippen MR) is 111 cm³/mol. The van der Waals surface area contributed by atoms with Gasteiger partial charge in [-0.2, -0.15) is 0 Å². The summed E-state index contributed by atoms with van der Waals surface area (Å²) in [5.74, 6) is 0.656. The van der Waals surface area contributed by atoms with E-state index in [1.54, 1.807) is 6.08 Å². The van der Waals surface area contributed by atoms with Crippen molar-refractivity contribution in [3.63, 3.8) is 0 Å². The molecular weight excluding hydrogens is 334 g/mol. The summed E-state index contributed by atoms with van der Waals surface area (Å²) in [6.45, 7) is 19.0. The molecule has 2 aromatic rings. The lowest BCUT2D eigenvalue weighted by atomic mass is 9.67. The number of ketones is 1. The van der Waals surface area contributed by atoms with Gasteiger partial charge in [-0.1, -0.05) is 64.4 Å². The van der Waals surface area contributed by atoms with E-state index in [4.69, 9.17) is 4.52 Å². The smallest absolute Gasteiger partial charge is 0.168 e. The van der Waals surface area contributed by atoms with Crippen molar-refractivity contribution in [1.82, 2.24) is 5.16 Å². The standard InChI is InChI=1S/C24H31NO2/c1-13-10-14(2)18(15(3)11-13)21-19-20(24(7,8)9)17(26)12-16(23(4,5)6)22(19)27-25-21/h10-12,20H,1-9H3. The predicted octanol–water partition coefficient (Wildman–Crippen LogP) is 6.41. The van der Waals surface area contributed by atoms with Crippen LogP contribution in [-0.2, 0) is 4.79 Å². The average Bonchev–Trinajstić information content (AvgIpc) is 2.87. The molecule has 0 saturated carbocycles. The Bertz CT molecular complexity index is 923. The Hall–Kier alpha value is -2.16. The molecule has 0 N–H and O–H groups in total. The fourth-order valence-electron chi connectivity index (χ4n) is 4.34. The first-order valence-electron chi connectivity index (χ1n) is 9.66. The van der Waals surface area contributed by atoms with E-state index >= 15 is 0 Å². The number of hydrogen-bond acceptors (Lipinski definition) is 3. The number of rotatable bonds is 1. The van der Waals surface area contributed by atoms with E-state index in [1.807, 2.05) is 0 Å². The number of hydrogen-bond donors (Lipinski definition) is 0. The zero-order chi connectivity index (χ0) is 20.3. The van der Waals surface area contributed by atoms with E-state index in [0.29, 0.717) is 0 Å². The molecule has 0 aliphatic heterocycles. The lowest BCUT2D eigenvalue weighted by Crippen LogP contribution is -2.30. The Morgan fingerprint density at radius 3 is 2.00 bits per heavy atom. The van der Waals surface area contributed by atoms with Crippen LogP contribution in [0.5, 0.6) is 0 Å². The molecule has 1 heterocycles. The molecule has 1 unspecified atom stereocenters. The number of nitrogens with zero attached hydrogens (tertiary/aromatic N) is 1. The van der Waals surface area contributed by atoms with Gasteiger partial charge in [0, 0.05) is 16.7 Å². The summed E-state index contributed by atoms with van der Waals surface area (Å²) in [6.07, 6.45) is 1.78. The van der Waals surface area contributed by atoms with Gasteiger partial charge in [0.15, 0.2) is 11.5 Å². The number of aromatic nitrogens is 1. The Morgan fingerprint density at radius 1 is 0.963 bits per heavy atom. The van der Waals surface area contributed by atoms with Gasteiger partial charge in [-0.05, 0) is 48.8 Å². The van der Waals surface area contributed by atoms with Crippen LogP contribution in [0.4, 0.5) is 0 Å². The number of carbonyl (C=O) groups excluding carboxylic acids is 1.